The molecule has 1 N–H and O–H groups in total. The van der Waals surface area contributed by atoms with Crippen LogP contribution in [0.25, 0.3) is 0 Å². The van der Waals surface area contributed by atoms with Crippen molar-refractivity contribution in [1.29, 1.82) is 0 Å². The first-order chi connectivity index (χ1) is 6.40. The molecule has 0 spiro atoms. The van der Waals surface area contributed by atoms with Gasteiger partial charge in [-0.15, -0.1) is 0 Å². The van der Waals surface area contributed by atoms with E-state index in [0.717, 1.165) is 19.4 Å². The van der Waals surface area contributed by atoms with Gasteiger partial charge in [0.2, 0.25) is 5.91 Å². The number of amides is 1. The van der Waals surface area contributed by atoms with Crippen molar-refractivity contribution < 1.29 is 9.90 Å². The molecule has 82 valence electrons. The average molecular weight is 199 g/mol. The van der Waals surface area contributed by atoms with Crippen LogP contribution in [-0.4, -0.2) is 34.6 Å². The standard InChI is InChI=1S/C11H21NO2/c1-9-5-4-7-12(10(9)13)8-6-11(2,3)14/h9,14H,4-8H2,1-3H3. The lowest BCUT2D eigenvalue weighted by molar-refractivity contribution is -0.138. The molecule has 1 atom stereocenters. The molecule has 1 amide bonds. The number of carbonyl (C=O) groups excluding carboxylic acids is 1. The second-order valence-corrected chi connectivity index (χ2v) is 4.93. The van der Waals surface area contributed by atoms with Gasteiger partial charge in [-0.2, -0.15) is 0 Å². The fraction of sp³-hybridized carbons (Fsp3) is 0.909. The van der Waals surface area contributed by atoms with Gasteiger partial charge in [0.15, 0.2) is 0 Å². The number of carbonyl (C=O) groups is 1. The van der Waals surface area contributed by atoms with Crippen molar-refractivity contribution in [2.75, 3.05) is 13.1 Å². The highest BCUT2D eigenvalue weighted by Crippen LogP contribution is 2.18. The molecule has 0 aromatic heterocycles. The Morgan fingerprint density at radius 2 is 2.21 bits per heavy atom. The Morgan fingerprint density at radius 3 is 2.79 bits per heavy atom. The highest BCUT2D eigenvalue weighted by atomic mass is 16.3. The monoisotopic (exact) mass is 199 g/mol. The zero-order chi connectivity index (χ0) is 10.8. The summed E-state index contributed by atoms with van der Waals surface area (Å²) in [5.41, 5.74) is -0.666. The van der Waals surface area contributed by atoms with Gasteiger partial charge in [0.05, 0.1) is 5.60 Å². The minimum absolute atomic E-state index is 0.172. The van der Waals surface area contributed by atoms with E-state index in [0.29, 0.717) is 13.0 Å². The molecule has 1 rings (SSSR count). The molecule has 14 heavy (non-hydrogen) atoms. The molecule has 0 aliphatic carbocycles. The van der Waals surface area contributed by atoms with Gasteiger partial charge < -0.3 is 10.0 Å². The van der Waals surface area contributed by atoms with Crippen LogP contribution in [0.3, 0.4) is 0 Å². The van der Waals surface area contributed by atoms with E-state index >= 15 is 0 Å². The zero-order valence-corrected chi connectivity index (χ0v) is 9.42. The molecule has 1 aliphatic rings. The van der Waals surface area contributed by atoms with Crippen molar-refractivity contribution in [2.45, 2.75) is 45.6 Å². The summed E-state index contributed by atoms with van der Waals surface area (Å²) in [4.78, 5) is 13.6. The number of piperidine rings is 1. The van der Waals surface area contributed by atoms with E-state index in [1.165, 1.54) is 0 Å². The van der Waals surface area contributed by atoms with E-state index in [-0.39, 0.29) is 11.8 Å². The Morgan fingerprint density at radius 1 is 1.57 bits per heavy atom. The van der Waals surface area contributed by atoms with Gasteiger partial charge in [0.1, 0.15) is 0 Å². The number of likely N-dealkylation sites (tertiary alicyclic amines) is 1. The van der Waals surface area contributed by atoms with E-state index in [9.17, 15) is 9.90 Å². The SMILES string of the molecule is CC1CCCN(CCC(C)(C)O)C1=O. The third-order valence-electron chi connectivity index (χ3n) is 2.79. The average Bonchev–Trinajstić information content (AvgIpc) is 2.06. The van der Waals surface area contributed by atoms with E-state index in [4.69, 9.17) is 0 Å². The van der Waals surface area contributed by atoms with Crippen LogP contribution in [0.15, 0.2) is 0 Å². The summed E-state index contributed by atoms with van der Waals surface area (Å²) in [6.45, 7) is 7.10. The molecule has 1 fully saturated rings. The van der Waals surface area contributed by atoms with Crippen LogP contribution in [0.2, 0.25) is 0 Å². The maximum atomic E-state index is 11.7. The van der Waals surface area contributed by atoms with Crippen molar-refractivity contribution in [3.8, 4) is 0 Å². The maximum absolute atomic E-state index is 11.7. The van der Waals surface area contributed by atoms with E-state index < -0.39 is 5.60 Å². The summed E-state index contributed by atoms with van der Waals surface area (Å²) in [7, 11) is 0. The van der Waals surface area contributed by atoms with Gasteiger partial charge in [0.25, 0.3) is 0 Å². The van der Waals surface area contributed by atoms with Crippen LogP contribution < -0.4 is 0 Å². The fourth-order valence-corrected chi connectivity index (χ4v) is 1.76. The number of aliphatic hydroxyl groups is 1. The van der Waals surface area contributed by atoms with Gasteiger partial charge >= 0.3 is 0 Å². The van der Waals surface area contributed by atoms with Crippen LogP contribution >= 0.6 is 0 Å². The summed E-state index contributed by atoms with van der Waals surface area (Å²) >= 11 is 0. The zero-order valence-electron chi connectivity index (χ0n) is 9.42. The Kier molecular flexibility index (Phi) is 3.53. The summed E-state index contributed by atoms with van der Waals surface area (Å²) in [5, 5.41) is 9.56. The third-order valence-corrected chi connectivity index (χ3v) is 2.79. The number of nitrogens with zero attached hydrogens (tertiary/aromatic N) is 1. The highest BCUT2D eigenvalue weighted by Gasteiger charge is 2.26. The van der Waals surface area contributed by atoms with E-state index in [1.807, 2.05) is 11.8 Å². The number of rotatable bonds is 3. The third kappa shape index (κ3) is 3.29. The Labute approximate surface area is 86.1 Å². The first kappa shape index (κ1) is 11.5. The van der Waals surface area contributed by atoms with Gasteiger partial charge in [-0.25, -0.2) is 0 Å². The summed E-state index contributed by atoms with van der Waals surface area (Å²) in [5.74, 6) is 0.422. The second-order valence-electron chi connectivity index (χ2n) is 4.93. The predicted molar refractivity (Wildman–Crippen MR) is 55.9 cm³/mol. The largest absolute Gasteiger partial charge is 0.390 e. The molecule has 3 nitrogen and oxygen atoms in total. The molecule has 1 heterocycles. The molecule has 0 aromatic carbocycles. The normalized spacial score (nSPS) is 24.1. The number of hydrogen-bond donors (Lipinski definition) is 1. The van der Waals surface area contributed by atoms with Crippen LogP contribution in [0.5, 0.6) is 0 Å². The van der Waals surface area contributed by atoms with Crippen LogP contribution in [0.1, 0.15) is 40.0 Å². The van der Waals surface area contributed by atoms with Crippen molar-refractivity contribution in [3.05, 3.63) is 0 Å². The highest BCUT2D eigenvalue weighted by molar-refractivity contribution is 5.79. The summed E-state index contributed by atoms with van der Waals surface area (Å²) in [6, 6.07) is 0. The van der Waals surface area contributed by atoms with Crippen molar-refractivity contribution in [1.82, 2.24) is 4.90 Å². The molecular weight excluding hydrogens is 178 g/mol. The summed E-state index contributed by atoms with van der Waals surface area (Å²) < 4.78 is 0. The van der Waals surface area contributed by atoms with Gasteiger partial charge in [-0.1, -0.05) is 6.92 Å². The number of hydrogen-bond acceptors (Lipinski definition) is 2. The quantitative estimate of drug-likeness (QED) is 0.746. The first-order valence-corrected chi connectivity index (χ1v) is 5.41. The van der Waals surface area contributed by atoms with Crippen LogP contribution in [0, 0.1) is 5.92 Å². The molecular formula is C11H21NO2. The van der Waals surface area contributed by atoms with Gasteiger partial charge in [0, 0.05) is 19.0 Å². The van der Waals surface area contributed by atoms with Crippen LogP contribution in [-0.2, 0) is 4.79 Å². The Balaban J connectivity index is 2.40. The molecule has 0 saturated carbocycles. The predicted octanol–water partition coefficient (Wildman–Crippen LogP) is 1.41. The van der Waals surface area contributed by atoms with Crippen molar-refractivity contribution >= 4 is 5.91 Å². The lowest BCUT2D eigenvalue weighted by atomic mass is 9.98. The fourth-order valence-electron chi connectivity index (χ4n) is 1.76. The Hall–Kier alpha value is -0.570. The lowest BCUT2D eigenvalue weighted by Crippen LogP contribution is -2.42. The minimum atomic E-state index is -0.666. The van der Waals surface area contributed by atoms with Crippen molar-refractivity contribution in [3.63, 3.8) is 0 Å². The second kappa shape index (κ2) is 4.30. The van der Waals surface area contributed by atoms with Crippen LogP contribution in [0.4, 0.5) is 0 Å². The van der Waals surface area contributed by atoms with Gasteiger partial charge in [-0.05, 0) is 33.1 Å². The lowest BCUT2D eigenvalue weighted by Gasteiger charge is -2.32. The van der Waals surface area contributed by atoms with Crippen molar-refractivity contribution in [2.24, 2.45) is 5.92 Å². The topological polar surface area (TPSA) is 40.5 Å². The molecule has 0 radical (unpaired) electrons. The van der Waals surface area contributed by atoms with Gasteiger partial charge in [-0.3, -0.25) is 4.79 Å². The van der Waals surface area contributed by atoms with E-state index in [1.54, 1.807) is 13.8 Å². The molecule has 0 bridgehead atoms. The molecule has 0 aromatic rings. The molecule has 1 unspecified atom stereocenters. The minimum Gasteiger partial charge on any atom is -0.390 e. The smallest absolute Gasteiger partial charge is 0.225 e. The molecule has 3 heteroatoms. The first-order valence-electron chi connectivity index (χ1n) is 5.41. The molecule has 1 aliphatic heterocycles. The Bertz CT molecular complexity index is 208. The van der Waals surface area contributed by atoms with E-state index in [2.05, 4.69) is 0 Å². The molecule has 1 saturated heterocycles. The summed E-state index contributed by atoms with van der Waals surface area (Å²) in [6.07, 6.45) is 2.77. The maximum Gasteiger partial charge on any atom is 0.225 e.